The number of aliphatic hydroxyl groups excluding tert-OH is 1. The van der Waals surface area contributed by atoms with Gasteiger partial charge in [-0.1, -0.05) is 12.1 Å². The number of amides is 1. The molecule has 2 aromatic carbocycles. The lowest BCUT2D eigenvalue weighted by Gasteiger charge is -2.43. The van der Waals surface area contributed by atoms with E-state index in [1.807, 2.05) is 0 Å². The quantitative estimate of drug-likeness (QED) is 0.161. The van der Waals surface area contributed by atoms with Crippen molar-refractivity contribution in [3.05, 3.63) is 59.7 Å². The second-order valence-electron chi connectivity index (χ2n) is 10.0. The van der Waals surface area contributed by atoms with E-state index in [4.69, 9.17) is 9.47 Å². The van der Waals surface area contributed by atoms with Crippen LogP contribution in [0.15, 0.2) is 48.6 Å². The van der Waals surface area contributed by atoms with E-state index in [0.29, 0.717) is 24.2 Å². The van der Waals surface area contributed by atoms with Gasteiger partial charge >= 0.3 is 11.9 Å². The van der Waals surface area contributed by atoms with Gasteiger partial charge in [0.1, 0.15) is 18.3 Å². The van der Waals surface area contributed by atoms with E-state index in [9.17, 15) is 45.0 Å². The Balaban J connectivity index is 1.50. The molecule has 1 heterocycles. The third-order valence-electron chi connectivity index (χ3n) is 6.99. The van der Waals surface area contributed by atoms with Crippen LogP contribution in [0.5, 0.6) is 23.0 Å². The van der Waals surface area contributed by atoms with E-state index in [-0.39, 0.29) is 11.5 Å². The first-order chi connectivity index (χ1) is 19.4. The molecule has 2 aromatic rings. The zero-order valence-electron chi connectivity index (χ0n) is 21.9. The molecule has 2 atom stereocenters. The number of rotatable bonds is 7. The number of nitrogens with zero attached hydrogens (tertiary/aromatic N) is 1. The molecule has 1 saturated heterocycles. The van der Waals surface area contributed by atoms with Crippen LogP contribution in [-0.4, -0.2) is 90.4 Å². The Kier molecular flexibility index (Phi) is 8.84. The average molecular weight is 570 g/mol. The number of hydrogen-bond acceptors (Lipinski definition) is 11. The summed E-state index contributed by atoms with van der Waals surface area (Å²) in [6.07, 6.45) is 0.849. The molecule has 1 aliphatic carbocycles. The number of carbonyl (C=O) groups is 3. The summed E-state index contributed by atoms with van der Waals surface area (Å²) in [5, 5.41) is 60.4. The summed E-state index contributed by atoms with van der Waals surface area (Å²) in [4.78, 5) is 39.9. The molecule has 2 fully saturated rings. The number of benzene rings is 2. The van der Waals surface area contributed by atoms with E-state index in [0.717, 1.165) is 25.0 Å². The number of likely N-dealkylation sites (tertiary alicyclic amines) is 1. The lowest BCUT2D eigenvalue weighted by atomic mass is 9.78. The number of aliphatic hydroxyl groups is 2. The number of carbonyl (C=O) groups excluding carboxylic acids is 3. The van der Waals surface area contributed by atoms with Crippen molar-refractivity contribution in [3.63, 3.8) is 0 Å². The molecular formula is C29H31NO11. The van der Waals surface area contributed by atoms with Crippen LogP contribution in [0.3, 0.4) is 0 Å². The van der Waals surface area contributed by atoms with Crippen molar-refractivity contribution < 1.29 is 54.5 Å². The molecule has 1 aliphatic heterocycles. The number of esters is 2. The minimum atomic E-state index is -2.08. The molecule has 12 heteroatoms. The molecule has 4 rings (SSSR count). The zero-order valence-corrected chi connectivity index (χ0v) is 21.9. The van der Waals surface area contributed by atoms with Gasteiger partial charge in [0.25, 0.3) is 5.91 Å². The van der Waals surface area contributed by atoms with Crippen molar-refractivity contribution in [1.82, 2.24) is 4.90 Å². The fraction of sp³-hybridized carbons (Fsp3) is 0.345. The van der Waals surface area contributed by atoms with E-state index in [1.54, 1.807) is 0 Å². The maximum Gasteiger partial charge on any atom is 0.331 e. The molecular weight excluding hydrogens is 538 g/mol. The second kappa shape index (κ2) is 12.3. The molecule has 1 amide bonds. The predicted octanol–water partition coefficient (Wildman–Crippen LogP) is 1.57. The van der Waals surface area contributed by atoms with Crippen LogP contribution < -0.4 is 0 Å². The van der Waals surface area contributed by atoms with E-state index in [2.05, 4.69) is 0 Å². The van der Waals surface area contributed by atoms with Gasteiger partial charge in [-0.2, -0.15) is 0 Å². The molecule has 0 bridgehead atoms. The van der Waals surface area contributed by atoms with E-state index >= 15 is 0 Å². The highest BCUT2D eigenvalue weighted by atomic mass is 16.6. The fourth-order valence-corrected chi connectivity index (χ4v) is 4.84. The molecule has 41 heavy (non-hydrogen) atoms. The lowest BCUT2D eigenvalue weighted by Crippen LogP contribution is -2.60. The standard InChI is InChI=1S/C29H31NO11/c31-19-7-3-17(13-21(19)33)5-9-25(35)40-23-15-29(39,28(38)30-11-1-2-12-30)16-24(27(23)37)41-26(36)10-6-18-4-8-20(32)22(34)14-18/h3-10,13-14,23-24,27,31-34,37,39H,1-2,11-12,15-16H2/b9-5+,10-6+/t23-,24-,27?,29?/m1/s1. The number of ether oxygens (including phenoxy) is 2. The van der Waals surface area contributed by atoms with Gasteiger partial charge in [0.05, 0.1) is 0 Å². The maximum atomic E-state index is 13.2. The summed E-state index contributed by atoms with van der Waals surface area (Å²) in [5.41, 5.74) is -1.36. The fourth-order valence-electron chi connectivity index (χ4n) is 4.84. The number of aromatic hydroxyl groups is 4. The van der Waals surface area contributed by atoms with Gasteiger partial charge in [-0.15, -0.1) is 0 Å². The monoisotopic (exact) mass is 569 g/mol. The first-order valence-electron chi connectivity index (χ1n) is 13.0. The highest BCUT2D eigenvalue weighted by Crippen LogP contribution is 2.35. The summed E-state index contributed by atoms with van der Waals surface area (Å²) < 4.78 is 10.7. The molecule has 0 spiro atoms. The highest BCUT2D eigenvalue weighted by molar-refractivity contribution is 5.89. The van der Waals surface area contributed by atoms with Gasteiger partial charge in [-0.3, -0.25) is 4.79 Å². The van der Waals surface area contributed by atoms with Crippen LogP contribution in [-0.2, 0) is 23.9 Å². The van der Waals surface area contributed by atoms with Crippen LogP contribution in [0.25, 0.3) is 12.2 Å². The summed E-state index contributed by atoms with van der Waals surface area (Å²) in [6, 6.07) is 7.75. The molecule has 1 saturated carbocycles. The van der Waals surface area contributed by atoms with Crippen LogP contribution in [0.2, 0.25) is 0 Å². The smallest absolute Gasteiger partial charge is 0.331 e. The van der Waals surface area contributed by atoms with Gasteiger partial charge in [0, 0.05) is 38.1 Å². The zero-order chi connectivity index (χ0) is 29.7. The van der Waals surface area contributed by atoms with E-state index < -0.39 is 66.1 Å². The molecule has 6 N–H and O–H groups in total. The van der Waals surface area contributed by atoms with Gasteiger partial charge in [0.15, 0.2) is 28.6 Å². The largest absolute Gasteiger partial charge is 0.504 e. The van der Waals surface area contributed by atoms with Crippen molar-refractivity contribution in [2.24, 2.45) is 0 Å². The molecule has 218 valence electrons. The van der Waals surface area contributed by atoms with Crippen molar-refractivity contribution in [2.45, 2.75) is 49.6 Å². The average Bonchev–Trinajstić information content (AvgIpc) is 3.47. The van der Waals surface area contributed by atoms with Gasteiger partial charge in [-0.05, 0) is 60.4 Å². The minimum absolute atomic E-state index is 0.339. The van der Waals surface area contributed by atoms with Crippen LogP contribution in [0, 0.1) is 0 Å². The van der Waals surface area contributed by atoms with Crippen LogP contribution >= 0.6 is 0 Å². The Morgan fingerprint density at radius 2 is 1.20 bits per heavy atom. The van der Waals surface area contributed by atoms with Gasteiger partial charge < -0.3 is 45.0 Å². The molecule has 0 unspecified atom stereocenters. The van der Waals surface area contributed by atoms with Gasteiger partial charge in [0.2, 0.25) is 0 Å². The Morgan fingerprint density at radius 1 is 0.756 bits per heavy atom. The highest BCUT2D eigenvalue weighted by Gasteiger charge is 2.53. The number of hydrogen-bond donors (Lipinski definition) is 6. The van der Waals surface area contributed by atoms with Crippen molar-refractivity contribution >= 4 is 30.0 Å². The van der Waals surface area contributed by atoms with Crippen molar-refractivity contribution in [2.75, 3.05) is 13.1 Å². The Hall–Kier alpha value is -4.55. The molecule has 12 nitrogen and oxygen atoms in total. The molecule has 2 aliphatic rings. The molecule has 0 radical (unpaired) electrons. The SMILES string of the molecule is O=C(/C=C/c1ccc(O)c(O)c1)O[C@@H]1CC(O)(C(=O)N2CCCC2)C[C@@H](OC(=O)/C=C/c2ccc(O)c(O)c2)C1O. The Morgan fingerprint density at radius 3 is 1.61 bits per heavy atom. The first kappa shape index (κ1) is 29.4. The normalized spacial score (nSPS) is 24.5. The minimum Gasteiger partial charge on any atom is -0.504 e. The van der Waals surface area contributed by atoms with Crippen molar-refractivity contribution in [1.29, 1.82) is 0 Å². The Labute approximate surface area is 235 Å². The lowest BCUT2D eigenvalue weighted by molar-refractivity contribution is -0.199. The van der Waals surface area contributed by atoms with E-state index in [1.165, 1.54) is 53.5 Å². The summed E-state index contributed by atoms with van der Waals surface area (Å²) in [5.74, 6) is -3.95. The summed E-state index contributed by atoms with van der Waals surface area (Å²) in [6.45, 7) is 0.867. The van der Waals surface area contributed by atoms with Gasteiger partial charge in [-0.25, -0.2) is 9.59 Å². The van der Waals surface area contributed by atoms with Crippen LogP contribution in [0.4, 0.5) is 0 Å². The molecule has 0 aromatic heterocycles. The topological polar surface area (TPSA) is 194 Å². The summed E-state index contributed by atoms with van der Waals surface area (Å²) >= 11 is 0. The third kappa shape index (κ3) is 7.16. The maximum absolute atomic E-state index is 13.2. The van der Waals surface area contributed by atoms with Crippen molar-refractivity contribution in [3.8, 4) is 23.0 Å². The first-order valence-corrected chi connectivity index (χ1v) is 13.0. The number of phenols is 4. The predicted molar refractivity (Wildman–Crippen MR) is 143 cm³/mol. The third-order valence-corrected chi connectivity index (χ3v) is 6.99. The summed E-state index contributed by atoms with van der Waals surface area (Å²) in [7, 11) is 0. The Bertz CT molecular complexity index is 1280. The van der Waals surface area contributed by atoms with Crippen LogP contribution in [0.1, 0.15) is 36.8 Å². The second-order valence-corrected chi connectivity index (χ2v) is 10.0. The number of phenolic OH excluding ortho intramolecular Hbond substituents is 4.